The van der Waals surface area contributed by atoms with Crippen molar-refractivity contribution in [1.29, 1.82) is 0 Å². The van der Waals surface area contributed by atoms with Crippen LogP contribution in [0.15, 0.2) is 77.0 Å². The van der Waals surface area contributed by atoms with E-state index in [1.54, 1.807) is 17.8 Å². The quantitative estimate of drug-likeness (QED) is 0.385. The van der Waals surface area contributed by atoms with Gasteiger partial charge in [-0.25, -0.2) is 5.48 Å². The molecule has 0 aliphatic heterocycles. The van der Waals surface area contributed by atoms with Crippen LogP contribution in [-0.4, -0.2) is 4.99 Å². The summed E-state index contributed by atoms with van der Waals surface area (Å²) in [6.07, 6.45) is 1.80. The minimum atomic E-state index is 0.535. The van der Waals surface area contributed by atoms with Crippen LogP contribution >= 0.6 is 24.0 Å². The van der Waals surface area contributed by atoms with Crippen LogP contribution in [0.1, 0.15) is 0 Å². The van der Waals surface area contributed by atoms with Crippen LogP contribution in [0.4, 0.5) is 0 Å². The van der Waals surface area contributed by atoms with Gasteiger partial charge in [0.05, 0.1) is 0 Å². The summed E-state index contributed by atoms with van der Waals surface area (Å²) in [7, 11) is 0. The van der Waals surface area contributed by atoms with Crippen LogP contribution in [0.3, 0.4) is 0 Å². The maximum atomic E-state index is 5.32. The van der Waals surface area contributed by atoms with Crippen molar-refractivity contribution in [2.45, 2.75) is 4.90 Å². The maximum Gasteiger partial charge on any atom is 0.155 e. The van der Waals surface area contributed by atoms with E-state index in [4.69, 9.17) is 17.1 Å². The van der Waals surface area contributed by atoms with Crippen molar-refractivity contribution >= 4 is 29.0 Å². The average Bonchev–Trinajstić information content (AvgIpc) is 2.47. The minimum Gasteiger partial charge on any atom is -0.381 e. The van der Waals surface area contributed by atoms with Crippen LogP contribution in [-0.2, 0) is 0 Å². The molecule has 0 atom stereocenters. The number of benzene rings is 2. The first-order chi connectivity index (χ1) is 9.34. The fourth-order valence-electron chi connectivity index (χ4n) is 1.31. The first-order valence-corrected chi connectivity index (χ1v) is 7.03. The molecule has 2 aromatic rings. The Kier molecular flexibility index (Phi) is 5.47. The lowest BCUT2D eigenvalue weighted by Gasteiger charge is -2.05. The molecule has 0 bridgehead atoms. The van der Waals surface area contributed by atoms with Gasteiger partial charge in [-0.2, -0.15) is 0 Å². The summed E-state index contributed by atoms with van der Waals surface area (Å²) in [5.41, 5.74) is 2.72. The smallest absolute Gasteiger partial charge is 0.155 e. The van der Waals surface area contributed by atoms with Crippen LogP contribution in [0, 0.1) is 0 Å². The van der Waals surface area contributed by atoms with Crippen LogP contribution in [0.5, 0.6) is 5.75 Å². The normalized spacial score (nSPS) is 10.3. The van der Waals surface area contributed by atoms with E-state index in [2.05, 4.69) is 5.48 Å². The van der Waals surface area contributed by atoms with Gasteiger partial charge in [-0.1, -0.05) is 60.4 Å². The van der Waals surface area contributed by atoms with E-state index in [-0.39, 0.29) is 0 Å². The highest BCUT2D eigenvalue weighted by molar-refractivity contribution is 8.02. The molecule has 4 heteroatoms. The predicted molar refractivity (Wildman–Crippen MR) is 84.2 cm³/mol. The van der Waals surface area contributed by atoms with Gasteiger partial charge >= 0.3 is 0 Å². The second-order valence-corrected chi connectivity index (χ2v) is 5.03. The summed E-state index contributed by atoms with van der Waals surface area (Å²) in [6.45, 7) is 0. The average molecular weight is 287 g/mol. The summed E-state index contributed by atoms with van der Waals surface area (Å²) < 4.78 is 0. The van der Waals surface area contributed by atoms with Crippen molar-refractivity contribution in [3.63, 3.8) is 0 Å². The van der Waals surface area contributed by atoms with Crippen molar-refractivity contribution in [2.24, 2.45) is 0 Å². The van der Waals surface area contributed by atoms with E-state index in [0.717, 1.165) is 5.75 Å². The third-order valence-corrected chi connectivity index (χ3v) is 3.22. The van der Waals surface area contributed by atoms with Gasteiger partial charge < -0.3 is 4.84 Å². The molecule has 0 heterocycles. The highest BCUT2D eigenvalue weighted by Crippen LogP contribution is 2.17. The molecule has 19 heavy (non-hydrogen) atoms. The second kappa shape index (κ2) is 7.61. The molecule has 0 unspecified atom stereocenters. The summed E-state index contributed by atoms with van der Waals surface area (Å²) in [6, 6.07) is 19.6. The molecule has 2 aromatic carbocycles. The second-order valence-electron chi connectivity index (χ2n) is 3.62. The SMILES string of the molecule is S=C(C=CSc1ccccc1)NOc1ccccc1. The zero-order valence-corrected chi connectivity index (χ0v) is 11.8. The van der Waals surface area contributed by atoms with Gasteiger partial charge in [-0.3, -0.25) is 0 Å². The number of hydrogen-bond donors (Lipinski definition) is 1. The Morgan fingerprint density at radius 3 is 2.32 bits per heavy atom. The molecule has 96 valence electrons. The van der Waals surface area contributed by atoms with E-state index in [1.165, 1.54) is 4.90 Å². The molecule has 0 aromatic heterocycles. The zero-order chi connectivity index (χ0) is 13.3. The molecule has 0 amide bonds. The number of thiocarbonyl (C=S) groups is 1. The Balaban J connectivity index is 1.75. The van der Waals surface area contributed by atoms with Crippen molar-refractivity contribution in [1.82, 2.24) is 5.48 Å². The first kappa shape index (κ1) is 13.6. The van der Waals surface area contributed by atoms with Crippen LogP contribution in [0.25, 0.3) is 0 Å². The van der Waals surface area contributed by atoms with Gasteiger partial charge in [0.15, 0.2) is 5.75 Å². The largest absolute Gasteiger partial charge is 0.381 e. The maximum absolute atomic E-state index is 5.32. The Morgan fingerprint density at radius 2 is 1.63 bits per heavy atom. The first-order valence-electron chi connectivity index (χ1n) is 5.75. The number of hydrogen-bond acceptors (Lipinski definition) is 3. The number of para-hydroxylation sites is 1. The van der Waals surface area contributed by atoms with Crippen molar-refractivity contribution in [3.05, 3.63) is 72.1 Å². The van der Waals surface area contributed by atoms with Gasteiger partial charge in [0.25, 0.3) is 0 Å². The molecule has 0 aliphatic rings. The molecule has 0 aliphatic carbocycles. The number of nitrogens with one attached hydrogen (secondary N) is 1. The molecular formula is C15H13NOS2. The van der Waals surface area contributed by atoms with Gasteiger partial charge in [-0.15, -0.1) is 0 Å². The predicted octanol–water partition coefficient (Wildman–Crippen LogP) is 4.20. The molecule has 1 N–H and O–H groups in total. The standard InChI is InChI=1S/C15H13NOS2/c18-15(16-17-13-7-3-1-4-8-13)11-12-19-14-9-5-2-6-10-14/h1-12H,(H,16,18). The zero-order valence-electron chi connectivity index (χ0n) is 10.2. The number of thioether (sulfide) groups is 1. The van der Waals surface area contributed by atoms with Crippen LogP contribution < -0.4 is 10.3 Å². The number of rotatable bonds is 5. The van der Waals surface area contributed by atoms with Gasteiger partial charge in [0.2, 0.25) is 0 Å². The molecule has 2 nitrogen and oxygen atoms in total. The molecule has 0 fully saturated rings. The molecular weight excluding hydrogens is 274 g/mol. The Bertz CT molecular complexity index is 541. The monoisotopic (exact) mass is 287 g/mol. The molecule has 0 spiro atoms. The van der Waals surface area contributed by atoms with E-state index >= 15 is 0 Å². The lowest BCUT2D eigenvalue weighted by atomic mass is 10.3. The highest BCUT2D eigenvalue weighted by Gasteiger charge is 1.93. The van der Waals surface area contributed by atoms with Gasteiger partial charge in [-0.05, 0) is 35.7 Å². The van der Waals surface area contributed by atoms with E-state index in [0.29, 0.717) is 4.99 Å². The highest BCUT2D eigenvalue weighted by atomic mass is 32.2. The van der Waals surface area contributed by atoms with Crippen molar-refractivity contribution in [2.75, 3.05) is 0 Å². The summed E-state index contributed by atoms with van der Waals surface area (Å²) in [5.74, 6) is 0.731. The van der Waals surface area contributed by atoms with E-state index in [1.807, 2.05) is 66.1 Å². The lowest BCUT2D eigenvalue weighted by molar-refractivity contribution is 0.266. The topological polar surface area (TPSA) is 21.3 Å². The third kappa shape index (κ3) is 5.16. The fourth-order valence-corrected chi connectivity index (χ4v) is 2.18. The Labute approximate surface area is 122 Å². The van der Waals surface area contributed by atoms with Crippen molar-refractivity contribution < 1.29 is 4.84 Å². The molecule has 2 rings (SSSR count). The molecule has 0 saturated carbocycles. The Morgan fingerprint density at radius 1 is 1.00 bits per heavy atom. The number of hydroxylamine groups is 1. The molecule has 0 radical (unpaired) electrons. The summed E-state index contributed by atoms with van der Waals surface area (Å²) in [5, 5.41) is 1.93. The Hall–Kier alpha value is -1.78. The molecule has 0 saturated heterocycles. The fraction of sp³-hybridized carbons (Fsp3) is 0. The van der Waals surface area contributed by atoms with Gasteiger partial charge in [0, 0.05) is 4.90 Å². The van der Waals surface area contributed by atoms with Crippen molar-refractivity contribution in [3.8, 4) is 5.75 Å². The van der Waals surface area contributed by atoms with Crippen LogP contribution in [0.2, 0.25) is 0 Å². The third-order valence-electron chi connectivity index (χ3n) is 2.18. The van der Waals surface area contributed by atoms with E-state index < -0.39 is 0 Å². The van der Waals surface area contributed by atoms with E-state index in [9.17, 15) is 0 Å². The lowest BCUT2D eigenvalue weighted by Crippen LogP contribution is -2.23. The summed E-state index contributed by atoms with van der Waals surface area (Å²) in [4.78, 5) is 7.03. The summed E-state index contributed by atoms with van der Waals surface area (Å²) >= 11 is 6.74. The van der Waals surface area contributed by atoms with Gasteiger partial charge in [0.1, 0.15) is 4.99 Å². The minimum absolute atomic E-state index is 0.535.